The van der Waals surface area contributed by atoms with Gasteiger partial charge in [-0.2, -0.15) is 18.4 Å². The lowest BCUT2D eigenvalue weighted by atomic mass is 10.0. The third-order valence-corrected chi connectivity index (χ3v) is 10.9. The number of nitrogens with one attached hydrogen (secondary N) is 2. The molecule has 0 spiro atoms. The van der Waals surface area contributed by atoms with Gasteiger partial charge in [-0.3, -0.25) is 14.2 Å². The number of benzene rings is 2. The van der Waals surface area contributed by atoms with Crippen LogP contribution in [0.1, 0.15) is 36.0 Å². The number of aromatic nitrogens is 5. The van der Waals surface area contributed by atoms with Crippen molar-refractivity contribution in [2.75, 3.05) is 37.2 Å². The molecule has 7 rings (SSSR count). The van der Waals surface area contributed by atoms with Crippen LogP contribution >= 0.6 is 0 Å². The number of ether oxygens (including phenoxy) is 2. The van der Waals surface area contributed by atoms with Crippen LogP contribution in [0.15, 0.2) is 85.5 Å². The van der Waals surface area contributed by atoms with Crippen molar-refractivity contribution in [3.8, 4) is 16.9 Å². The van der Waals surface area contributed by atoms with Gasteiger partial charge >= 0.3 is 0 Å². The van der Waals surface area contributed by atoms with Crippen LogP contribution in [0.25, 0.3) is 33.1 Å². The zero-order valence-corrected chi connectivity index (χ0v) is 30.9. The van der Waals surface area contributed by atoms with E-state index in [-0.39, 0.29) is 30.2 Å². The minimum atomic E-state index is -3.97. The molecule has 16 heteroatoms. The van der Waals surface area contributed by atoms with Gasteiger partial charge in [-0.15, -0.1) is 0 Å². The lowest BCUT2D eigenvalue weighted by molar-refractivity contribution is -0.106. The van der Waals surface area contributed by atoms with Gasteiger partial charge in [-0.05, 0) is 65.8 Å². The van der Waals surface area contributed by atoms with Gasteiger partial charge in [0.15, 0.2) is 11.9 Å². The molecule has 1 atom stereocenters. The number of hydrogen-bond acceptors (Lipinski definition) is 13. The molecule has 0 saturated carbocycles. The molecule has 53 heavy (non-hydrogen) atoms. The third-order valence-electron chi connectivity index (χ3n) is 8.70. The van der Waals surface area contributed by atoms with Crippen molar-refractivity contribution in [2.45, 2.75) is 44.3 Å². The largest absolute Gasteiger partial charge is 0.463 e. The van der Waals surface area contributed by atoms with Gasteiger partial charge in [0.2, 0.25) is 16.0 Å². The molecule has 2 N–H and O–H groups in total. The molecule has 5 heterocycles. The highest BCUT2D eigenvalue weighted by Gasteiger charge is 2.25. The maximum absolute atomic E-state index is 14.1. The normalized spacial score (nSPS) is 15.1. The Morgan fingerprint density at radius 1 is 0.943 bits per heavy atom. The van der Waals surface area contributed by atoms with Crippen molar-refractivity contribution >= 4 is 53.8 Å². The summed E-state index contributed by atoms with van der Waals surface area (Å²) in [5.74, 6) is 0.984. The zero-order chi connectivity index (χ0) is 37.0. The Balaban J connectivity index is 1.29. The predicted octanol–water partition coefficient (Wildman–Crippen LogP) is 5.50. The van der Waals surface area contributed by atoms with E-state index in [1.807, 2.05) is 36.4 Å². The van der Waals surface area contributed by atoms with Crippen molar-refractivity contribution in [1.29, 1.82) is 0 Å². The van der Waals surface area contributed by atoms with E-state index in [1.54, 1.807) is 56.1 Å². The fraction of sp³-hybridized carbons (Fsp3) is 0.297. The molecular formula is C37H39N7O7S2. The van der Waals surface area contributed by atoms with Gasteiger partial charge < -0.3 is 20.1 Å². The van der Waals surface area contributed by atoms with Crippen LogP contribution in [0.5, 0.6) is 5.75 Å². The Morgan fingerprint density at radius 3 is 2.57 bits per heavy atom. The molecule has 1 fully saturated rings. The molecule has 14 nitrogen and oxygen atoms in total. The van der Waals surface area contributed by atoms with Gasteiger partial charge in [0.05, 0.1) is 42.3 Å². The predicted molar refractivity (Wildman–Crippen MR) is 203 cm³/mol. The van der Waals surface area contributed by atoms with Crippen molar-refractivity contribution < 1.29 is 30.5 Å². The quantitative estimate of drug-likeness (QED) is 0.133. The van der Waals surface area contributed by atoms with Crippen LogP contribution in [0, 0.1) is 0 Å². The molecule has 1 aliphatic rings. The summed E-state index contributed by atoms with van der Waals surface area (Å²) in [6, 6.07) is 18.4. The molecule has 0 aliphatic carbocycles. The third kappa shape index (κ3) is 8.73. The van der Waals surface area contributed by atoms with Crippen LogP contribution in [0.2, 0.25) is 0 Å². The number of hydrogen-bond donors (Lipinski definition) is 2. The first-order chi connectivity index (χ1) is 25.5. The van der Waals surface area contributed by atoms with Crippen molar-refractivity contribution in [2.24, 2.45) is 0 Å². The average Bonchev–Trinajstić information content (AvgIpc) is 3.55. The first-order valence-electron chi connectivity index (χ1n) is 17.1. The van der Waals surface area contributed by atoms with Crippen LogP contribution in [-0.4, -0.2) is 73.6 Å². The molecule has 2 aromatic carbocycles. The minimum absolute atomic E-state index is 0.0163. The van der Waals surface area contributed by atoms with Crippen LogP contribution in [0.4, 0.5) is 11.8 Å². The second-order valence-corrected chi connectivity index (χ2v) is 16.2. The second kappa shape index (κ2) is 15.4. The smallest absolute Gasteiger partial charge is 0.264 e. The maximum atomic E-state index is 14.1. The molecule has 0 amide bonds. The van der Waals surface area contributed by atoms with Crippen molar-refractivity contribution in [1.82, 2.24) is 23.9 Å². The molecule has 1 unspecified atom stereocenters. The Labute approximate surface area is 307 Å². The van der Waals surface area contributed by atoms with Crippen molar-refractivity contribution in [3.63, 3.8) is 0 Å². The van der Waals surface area contributed by atoms with E-state index in [0.717, 1.165) is 42.0 Å². The number of anilines is 2. The van der Waals surface area contributed by atoms with E-state index in [1.165, 1.54) is 3.97 Å². The van der Waals surface area contributed by atoms with Gasteiger partial charge in [0, 0.05) is 49.6 Å². The van der Waals surface area contributed by atoms with E-state index in [9.17, 15) is 16.8 Å². The Morgan fingerprint density at radius 2 is 1.79 bits per heavy atom. The fourth-order valence-electron chi connectivity index (χ4n) is 6.18. The first-order valence-corrected chi connectivity index (χ1v) is 20.5. The lowest BCUT2D eigenvalue weighted by Crippen LogP contribution is -2.25. The number of nitrogens with zero attached hydrogens (tertiary/aromatic N) is 5. The number of fused-ring (bicyclic) bond motifs is 2. The Kier molecular flexibility index (Phi) is 10.5. The highest BCUT2D eigenvalue weighted by molar-refractivity contribution is 7.89. The standard InChI is InChI=1S/C37H39N7O7S2/c1-38-37-42-35(41-21-27-17-30(22-39-19-27)51-33-10-6-7-14-49-33)34-31(23-44(36(34)43-37)53(47,48)24-25-8-4-3-5-9-25)28-11-12-32-29(18-28)16-26(20-40-32)13-15-50-52(2,45)46/h3-5,8-9,11-12,16-20,22-23,33H,6-7,10,13-15,21,24H2,1-2H3,(H2,38,41,42,43). The van der Waals surface area contributed by atoms with Crippen LogP contribution < -0.4 is 15.4 Å². The van der Waals surface area contributed by atoms with Gasteiger partial charge in [-0.25, -0.2) is 12.4 Å². The van der Waals surface area contributed by atoms with E-state index in [2.05, 4.69) is 25.6 Å². The molecule has 0 radical (unpaired) electrons. The maximum Gasteiger partial charge on any atom is 0.264 e. The minimum Gasteiger partial charge on any atom is -0.463 e. The molecule has 276 valence electrons. The molecule has 6 aromatic rings. The second-order valence-electron chi connectivity index (χ2n) is 12.7. The van der Waals surface area contributed by atoms with Crippen LogP contribution in [0.3, 0.4) is 0 Å². The van der Waals surface area contributed by atoms with E-state index in [4.69, 9.17) is 18.6 Å². The SMILES string of the molecule is CNc1nc(NCc2cncc(OC3CCCCO3)c2)c2c(-c3ccc4ncc(CCOS(C)(=O)=O)cc4c3)cn(S(=O)(=O)Cc3ccccc3)c2n1. The average molecular weight is 758 g/mol. The highest BCUT2D eigenvalue weighted by Crippen LogP contribution is 2.37. The van der Waals surface area contributed by atoms with E-state index < -0.39 is 20.1 Å². The lowest BCUT2D eigenvalue weighted by Gasteiger charge is -2.23. The molecular weight excluding hydrogens is 719 g/mol. The van der Waals surface area contributed by atoms with E-state index in [0.29, 0.717) is 58.7 Å². The molecule has 4 aromatic heterocycles. The van der Waals surface area contributed by atoms with Gasteiger partial charge in [0.1, 0.15) is 11.6 Å². The van der Waals surface area contributed by atoms with Gasteiger partial charge in [-0.1, -0.05) is 36.4 Å². The summed E-state index contributed by atoms with van der Waals surface area (Å²) in [5.41, 5.74) is 4.43. The summed E-state index contributed by atoms with van der Waals surface area (Å²) >= 11 is 0. The summed E-state index contributed by atoms with van der Waals surface area (Å²) in [6.45, 7) is 0.944. The highest BCUT2D eigenvalue weighted by atomic mass is 32.2. The Hall–Kier alpha value is -5.16. The monoisotopic (exact) mass is 757 g/mol. The zero-order valence-electron chi connectivity index (χ0n) is 29.2. The molecule has 0 bridgehead atoms. The summed E-state index contributed by atoms with van der Waals surface area (Å²) in [7, 11) is -5.88. The van der Waals surface area contributed by atoms with Crippen molar-refractivity contribution in [3.05, 3.63) is 102 Å². The first kappa shape index (κ1) is 36.2. The molecule has 1 aliphatic heterocycles. The fourth-order valence-corrected chi connectivity index (χ4v) is 7.98. The summed E-state index contributed by atoms with van der Waals surface area (Å²) in [5, 5.41) is 7.67. The topological polar surface area (TPSA) is 177 Å². The Bertz CT molecular complexity index is 2470. The summed E-state index contributed by atoms with van der Waals surface area (Å²) in [4.78, 5) is 18.4. The van der Waals surface area contributed by atoms with Crippen LogP contribution in [-0.2, 0) is 47.8 Å². The molecule has 1 saturated heterocycles. The van der Waals surface area contributed by atoms with E-state index >= 15 is 0 Å². The number of rotatable bonds is 14. The number of pyridine rings is 2. The summed E-state index contributed by atoms with van der Waals surface area (Å²) in [6.07, 6.45) is 10.5. The van der Waals surface area contributed by atoms with Gasteiger partial charge in [0.25, 0.3) is 10.1 Å². The summed E-state index contributed by atoms with van der Waals surface area (Å²) < 4.78 is 69.2.